The Morgan fingerprint density at radius 2 is 1.87 bits per heavy atom. The van der Waals surface area contributed by atoms with E-state index in [2.05, 4.69) is 13.8 Å². The minimum atomic E-state index is -0.324. The maximum atomic E-state index is 12.6. The molecule has 0 spiro atoms. The lowest BCUT2D eigenvalue weighted by Crippen LogP contribution is -2.20. The van der Waals surface area contributed by atoms with E-state index in [1.807, 2.05) is 0 Å². The summed E-state index contributed by atoms with van der Waals surface area (Å²) in [6, 6.07) is 6.34. The zero-order chi connectivity index (χ0) is 11.3. The predicted molar refractivity (Wildman–Crippen MR) is 60.2 cm³/mol. The molecular formula is C13H19FO. The summed E-state index contributed by atoms with van der Waals surface area (Å²) < 4.78 is 12.6. The molecule has 84 valence electrons. The van der Waals surface area contributed by atoms with Crippen molar-refractivity contribution in [2.75, 3.05) is 0 Å². The SMILES string of the molecule is CCCC(C)C(O)Cc1ccc(F)cc1. The lowest BCUT2D eigenvalue weighted by atomic mass is 9.94. The molecule has 0 aromatic heterocycles. The lowest BCUT2D eigenvalue weighted by molar-refractivity contribution is 0.111. The molecule has 2 heteroatoms. The molecule has 0 saturated heterocycles. The smallest absolute Gasteiger partial charge is 0.123 e. The average Bonchev–Trinajstić information content (AvgIpc) is 2.22. The Labute approximate surface area is 90.9 Å². The molecule has 1 N–H and O–H groups in total. The maximum Gasteiger partial charge on any atom is 0.123 e. The van der Waals surface area contributed by atoms with E-state index < -0.39 is 0 Å². The maximum absolute atomic E-state index is 12.6. The van der Waals surface area contributed by atoms with Crippen LogP contribution in [0.4, 0.5) is 4.39 Å². The van der Waals surface area contributed by atoms with E-state index in [-0.39, 0.29) is 11.9 Å². The Balaban J connectivity index is 2.50. The fourth-order valence-corrected chi connectivity index (χ4v) is 1.71. The zero-order valence-corrected chi connectivity index (χ0v) is 9.41. The predicted octanol–water partition coefficient (Wildman–Crippen LogP) is 3.17. The van der Waals surface area contributed by atoms with Crippen molar-refractivity contribution in [1.82, 2.24) is 0 Å². The van der Waals surface area contributed by atoms with Crippen molar-refractivity contribution < 1.29 is 9.50 Å². The van der Waals surface area contributed by atoms with Crippen molar-refractivity contribution in [3.05, 3.63) is 35.6 Å². The molecule has 0 bridgehead atoms. The van der Waals surface area contributed by atoms with Crippen LogP contribution in [0.15, 0.2) is 24.3 Å². The third-order valence-electron chi connectivity index (χ3n) is 2.76. The second-order valence-corrected chi connectivity index (χ2v) is 4.16. The van der Waals surface area contributed by atoms with Gasteiger partial charge in [-0.15, -0.1) is 0 Å². The van der Waals surface area contributed by atoms with Gasteiger partial charge in [0.1, 0.15) is 5.82 Å². The molecule has 1 aromatic carbocycles. The van der Waals surface area contributed by atoms with E-state index in [0.29, 0.717) is 12.3 Å². The molecule has 0 aliphatic heterocycles. The summed E-state index contributed by atoms with van der Waals surface area (Å²) in [5, 5.41) is 9.88. The Morgan fingerprint density at radius 3 is 2.40 bits per heavy atom. The molecule has 2 unspecified atom stereocenters. The first-order valence-electron chi connectivity index (χ1n) is 5.56. The van der Waals surface area contributed by atoms with Crippen LogP contribution in [0.2, 0.25) is 0 Å². The fourth-order valence-electron chi connectivity index (χ4n) is 1.71. The van der Waals surface area contributed by atoms with Crippen molar-refractivity contribution in [2.45, 2.75) is 39.2 Å². The molecule has 0 saturated carbocycles. The number of hydrogen-bond acceptors (Lipinski definition) is 1. The van der Waals surface area contributed by atoms with Gasteiger partial charge in [-0.05, 0) is 36.5 Å². The first kappa shape index (κ1) is 12.2. The van der Waals surface area contributed by atoms with Gasteiger partial charge in [-0.1, -0.05) is 32.4 Å². The average molecular weight is 210 g/mol. The van der Waals surface area contributed by atoms with Gasteiger partial charge in [0.05, 0.1) is 6.10 Å². The van der Waals surface area contributed by atoms with E-state index in [4.69, 9.17) is 0 Å². The van der Waals surface area contributed by atoms with Gasteiger partial charge < -0.3 is 5.11 Å². The summed E-state index contributed by atoms with van der Waals surface area (Å²) >= 11 is 0. The summed E-state index contributed by atoms with van der Waals surface area (Å²) in [6.45, 7) is 4.17. The van der Waals surface area contributed by atoms with Crippen molar-refractivity contribution in [1.29, 1.82) is 0 Å². The number of benzene rings is 1. The highest BCUT2D eigenvalue weighted by atomic mass is 19.1. The number of rotatable bonds is 5. The van der Waals surface area contributed by atoms with Crippen molar-refractivity contribution in [3.63, 3.8) is 0 Å². The van der Waals surface area contributed by atoms with Crippen LogP contribution in [0.1, 0.15) is 32.3 Å². The fraction of sp³-hybridized carbons (Fsp3) is 0.538. The normalized spacial score (nSPS) is 14.9. The molecule has 0 aliphatic carbocycles. The molecule has 0 amide bonds. The van der Waals surface area contributed by atoms with Gasteiger partial charge in [-0.25, -0.2) is 4.39 Å². The highest BCUT2D eigenvalue weighted by molar-refractivity contribution is 5.16. The summed E-state index contributed by atoms with van der Waals surface area (Å²) in [5.41, 5.74) is 0.992. The standard InChI is InChI=1S/C13H19FO/c1-3-4-10(2)13(15)9-11-5-7-12(14)8-6-11/h5-8,10,13,15H,3-4,9H2,1-2H3. The van der Waals surface area contributed by atoms with Crippen LogP contribution in [-0.2, 0) is 6.42 Å². The van der Waals surface area contributed by atoms with Gasteiger partial charge in [-0.2, -0.15) is 0 Å². The van der Waals surface area contributed by atoms with Crippen LogP contribution in [0.3, 0.4) is 0 Å². The van der Waals surface area contributed by atoms with Crippen LogP contribution in [0.25, 0.3) is 0 Å². The largest absolute Gasteiger partial charge is 0.393 e. The summed E-state index contributed by atoms with van der Waals surface area (Å²) in [4.78, 5) is 0. The van der Waals surface area contributed by atoms with Gasteiger partial charge in [0, 0.05) is 0 Å². The summed E-state index contributed by atoms with van der Waals surface area (Å²) in [7, 11) is 0. The third-order valence-corrected chi connectivity index (χ3v) is 2.76. The number of aliphatic hydroxyl groups is 1. The lowest BCUT2D eigenvalue weighted by Gasteiger charge is -2.18. The van der Waals surface area contributed by atoms with E-state index in [0.717, 1.165) is 18.4 Å². The van der Waals surface area contributed by atoms with E-state index >= 15 is 0 Å². The molecular weight excluding hydrogens is 191 g/mol. The van der Waals surface area contributed by atoms with Crippen LogP contribution >= 0.6 is 0 Å². The highest BCUT2D eigenvalue weighted by Gasteiger charge is 2.13. The van der Waals surface area contributed by atoms with Crippen LogP contribution < -0.4 is 0 Å². The van der Waals surface area contributed by atoms with E-state index in [1.165, 1.54) is 12.1 Å². The Bertz CT molecular complexity index is 281. The molecule has 2 atom stereocenters. The quantitative estimate of drug-likeness (QED) is 0.791. The monoisotopic (exact) mass is 210 g/mol. The Morgan fingerprint density at radius 1 is 1.27 bits per heavy atom. The molecule has 15 heavy (non-hydrogen) atoms. The van der Waals surface area contributed by atoms with Crippen LogP contribution in [0.5, 0.6) is 0 Å². The summed E-state index contributed by atoms with van der Waals surface area (Å²) in [5.74, 6) is 0.0786. The molecule has 0 aliphatic rings. The number of hydrogen-bond donors (Lipinski definition) is 1. The van der Waals surface area contributed by atoms with Gasteiger partial charge in [0.15, 0.2) is 0 Å². The first-order valence-corrected chi connectivity index (χ1v) is 5.56. The number of aliphatic hydroxyl groups excluding tert-OH is 1. The van der Waals surface area contributed by atoms with Gasteiger partial charge >= 0.3 is 0 Å². The minimum Gasteiger partial charge on any atom is -0.393 e. The number of halogens is 1. The molecule has 0 heterocycles. The van der Waals surface area contributed by atoms with Crippen LogP contribution in [-0.4, -0.2) is 11.2 Å². The van der Waals surface area contributed by atoms with Gasteiger partial charge in [0.2, 0.25) is 0 Å². The van der Waals surface area contributed by atoms with Gasteiger partial charge in [-0.3, -0.25) is 0 Å². The molecule has 1 aromatic rings. The Kier molecular flexibility index (Phi) is 4.76. The zero-order valence-electron chi connectivity index (χ0n) is 9.41. The highest BCUT2D eigenvalue weighted by Crippen LogP contribution is 2.15. The molecule has 1 nitrogen and oxygen atoms in total. The van der Waals surface area contributed by atoms with E-state index in [1.54, 1.807) is 12.1 Å². The van der Waals surface area contributed by atoms with Crippen molar-refractivity contribution in [3.8, 4) is 0 Å². The molecule has 0 fully saturated rings. The second-order valence-electron chi connectivity index (χ2n) is 4.16. The molecule has 0 radical (unpaired) electrons. The summed E-state index contributed by atoms with van der Waals surface area (Å²) in [6.07, 6.45) is 2.40. The minimum absolute atomic E-state index is 0.227. The topological polar surface area (TPSA) is 20.2 Å². The van der Waals surface area contributed by atoms with Gasteiger partial charge in [0.25, 0.3) is 0 Å². The second kappa shape index (κ2) is 5.86. The molecule has 1 rings (SSSR count). The Hall–Kier alpha value is -0.890. The third kappa shape index (κ3) is 4.00. The van der Waals surface area contributed by atoms with Crippen LogP contribution in [0, 0.1) is 11.7 Å². The first-order chi connectivity index (χ1) is 7.13. The van der Waals surface area contributed by atoms with Crippen molar-refractivity contribution >= 4 is 0 Å². The van der Waals surface area contributed by atoms with E-state index in [9.17, 15) is 9.50 Å². The van der Waals surface area contributed by atoms with Crippen molar-refractivity contribution in [2.24, 2.45) is 5.92 Å².